The molecular formula is C15H20O4S. The molecular weight excluding hydrogens is 276 g/mol. The number of rotatable bonds is 5. The van der Waals surface area contributed by atoms with Crippen LogP contribution in [0.5, 0.6) is 0 Å². The lowest BCUT2D eigenvalue weighted by Crippen LogP contribution is -2.18. The summed E-state index contributed by atoms with van der Waals surface area (Å²) >= 11 is 0. The zero-order chi connectivity index (χ0) is 14.8. The van der Waals surface area contributed by atoms with Gasteiger partial charge in [0, 0.05) is 6.26 Å². The van der Waals surface area contributed by atoms with E-state index in [1.165, 1.54) is 6.07 Å². The molecule has 0 heterocycles. The maximum absolute atomic E-state index is 11.8. The number of carbonyl (C=O) groups is 1. The SMILES string of the molecule is CS(=O)(=O)c1ccccc1C(CC1CCCC1)C(=O)O. The third-order valence-electron chi connectivity index (χ3n) is 4.04. The zero-order valence-corrected chi connectivity index (χ0v) is 12.4. The van der Waals surface area contributed by atoms with Crippen LogP contribution in [0.25, 0.3) is 0 Å². The van der Waals surface area contributed by atoms with Gasteiger partial charge in [-0.1, -0.05) is 43.9 Å². The van der Waals surface area contributed by atoms with Crippen LogP contribution < -0.4 is 0 Å². The molecule has 0 saturated heterocycles. The van der Waals surface area contributed by atoms with Crippen LogP contribution in [0.4, 0.5) is 0 Å². The van der Waals surface area contributed by atoms with Crippen molar-refractivity contribution in [1.29, 1.82) is 0 Å². The highest BCUT2D eigenvalue weighted by molar-refractivity contribution is 7.90. The predicted octanol–water partition coefficient (Wildman–Crippen LogP) is 2.84. The fraction of sp³-hybridized carbons (Fsp3) is 0.533. The maximum atomic E-state index is 11.8. The van der Waals surface area contributed by atoms with Crippen LogP contribution in [0.2, 0.25) is 0 Å². The molecule has 0 aliphatic heterocycles. The normalized spacial score (nSPS) is 18.1. The summed E-state index contributed by atoms with van der Waals surface area (Å²) in [5, 5.41) is 9.48. The summed E-state index contributed by atoms with van der Waals surface area (Å²) in [5.41, 5.74) is 0.425. The Balaban J connectivity index is 2.36. The molecule has 5 heteroatoms. The first-order chi connectivity index (χ1) is 9.39. The van der Waals surface area contributed by atoms with Crippen molar-refractivity contribution in [2.45, 2.75) is 42.9 Å². The molecule has 110 valence electrons. The lowest BCUT2D eigenvalue weighted by atomic mass is 9.88. The Morgan fingerprint density at radius 3 is 2.45 bits per heavy atom. The monoisotopic (exact) mass is 296 g/mol. The minimum Gasteiger partial charge on any atom is -0.481 e. The Morgan fingerprint density at radius 2 is 1.90 bits per heavy atom. The molecule has 0 aromatic heterocycles. The summed E-state index contributed by atoms with van der Waals surface area (Å²) in [6.45, 7) is 0. The second-order valence-corrected chi connectivity index (χ2v) is 7.57. The first-order valence-corrected chi connectivity index (χ1v) is 8.80. The van der Waals surface area contributed by atoms with Gasteiger partial charge in [0.05, 0.1) is 10.8 Å². The van der Waals surface area contributed by atoms with Gasteiger partial charge in [0.25, 0.3) is 0 Å². The Morgan fingerprint density at radius 1 is 1.30 bits per heavy atom. The van der Waals surface area contributed by atoms with Crippen LogP contribution in [0, 0.1) is 5.92 Å². The van der Waals surface area contributed by atoms with Gasteiger partial charge in [-0.05, 0) is 24.0 Å². The number of benzene rings is 1. The van der Waals surface area contributed by atoms with Crippen molar-refractivity contribution in [2.75, 3.05) is 6.26 Å². The van der Waals surface area contributed by atoms with E-state index in [2.05, 4.69) is 0 Å². The van der Waals surface area contributed by atoms with Crippen molar-refractivity contribution in [3.8, 4) is 0 Å². The maximum Gasteiger partial charge on any atom is 0.311 e. The van der Waals surface area contributed by atoms with Crippen molar-refractivity contribution in [3.05, 3.63) is 29.8 Å². The van der Waals surface area contributed by atoms with Gasteiger partial charge in [0.15, 0.2) is 9.84 Å². The minimum absolute atomic E-state index is 0.144. The van der Waals surface area contributed by atoms with Crippen LogP contribution in [0.15, 0.2) is 29.2 Å². The fourth-order valence-corrected chi connectivity index (χ4v) is 4.01. The average Bonchev–Trinajstić information content (AvgIpc) is 2.87. The van der Waals surface area contributed by atoms with Crippen LogP contribution >= 0.6 is 0 Å². The summed E-state index contributed by atoms with van der Waals surface area (Å²) in [6.07, 6.45) is 6.04. The van der Waals surface area contributed by atoms with E-state index in [1.807, 2.05) is 0 Å². The predicted molar refractivity (Wildman–Crippen MR) is 76.5 cm³/mol. The molecule has 1 unspecified atom stereocenters. The lowest BCUT2D eigenvalue weighted by molar-refractivity contribution is -0.139. The third kappa shape index (κ3) is 3.39. The Hall–Kier alpha value is -1.36. The Bertz CT molecular complexity index is 586. The molecule has 1 saturated carbocycles. The smallest absolute Gasteiger partial charge is 0.311 e. The zero-order valence-electron chi connectivity index (χ0n) is 11.6. The number of hydrogen-bond acceptors (Lipinski definition) is 3. The van der Waals surface area contributed by atoms with E-state index in [9.17, 15) is 18.3 Å². The summed E-state index contributed by atoms with van der Waals surface area (Å²) in [6, 6.07) is 6.46. The Kier molecular flexibility index (Phi) is 4.48. The largest absolute Gasteiger partial charge is 0.481 e. The van der Waals surface area contributed by atoms with E-state index in [0.29, 0.717) is 17.9 Å². The molecule has 1 aliphatic rings. The molecule has 20 heavy (non-hydrogen) atoms. The molecule has 0 radical (unpaired) electrons. The summed E-state index contributed by atoms with van der Waals surface area (Å²) < 4.78 is 23.7. The number of carboxylic acid groups (broad SMARTS) is 1. The third-order valence-corrected chi connectivity index (χ3v) is 5.21. The quantitative estimate of drug-likeness (QED) is 0.907. The van der Waals surface area contributed by atoms with Crippen LogP contribution in [0.1, 0.15) is 43.6 Å². The highest BCUT2D eigenvalue weighted by Gasteiger charge is 2.29. The lowest BCUT2D eigenvalue weighted by Gasteiger charge is -2.19. The van der Waals surface area contributed by atoms with Crippen molar-refractivity contribution in [1.82, 2.24) is 0 Å². The molecule has 1 atom stereocenters. The van der Waals surface area contributed by atoms with E-state index >= 15 is 0 Å². The number of hydrogen-bond donors (Lipinski definition) is 1. The first kappa shape index (κ1) is 15.0. The van der Waals surface area contributed by atoms with E-state index in [0.717, 1.165) is 31.9 Å². The van der Waals surface area contributed by atoms with Crippen LogP contribution in [-0.2, 0) is 14.6 Å². The van der Waals surface area contributed by atoms with Gasteiger partial charge in [0.2, 0.25) is 0 Å². The molecule has 4 nitrogen and oxygen atoms in total. The van der Waals surface area contributed by atoms with Gasteiger partial charge < -0.3 is 5.11 Å². The van der Waals surface area contributed by atoms with Gasteiger partial charge >= 0.3 is 5.97 Å². The van der Waals surface area contributed by atoms with Crippen molar-refractivity contribution >= 4 is 15.8 Å². The van der Waals surface area contributed by atoms with Gasteiger partial charge in [-0.15, -0.1) is 0 Å². The minimum atomic E-state index is -3.41. The van der Waals surface area contributed by atoms with E-state index in [1.54, 1.807) is 18.2 Å². The molecule has 1 fully saturated rings. The van der Waals surface area contributed by atoms with Crippen molar-refractivity contribution < 1.29 is 18.3 Å². The highest BCUT2D eigenvalue weighted by atomic mass is 32.2. The molecule has 1 aromatic rings. The molecule has 1 N–H and O–H groups in total. The first-order valence-electron chi connectivity index (χ1n) is 6.91. The van der Waals surface area contributed by atoms with Crippen LogP contribution in [0.3, 0.4) is 0 Å². The second kappa shape index (κ2) is 5.95. The summed E-state index contributed by atoms with van der Waals surface area (Å²) in [5.74, 6) is -1.28. The number of aliphatic carboxylic acids is 1. The van der Waals surface area contributed by atoms with Crippen molar-refractivity contribution in [2.24, 2.45) is 5.92 Å². The summed E-state index contributed by atoms with van der Waals surface area (Å²) in [4.78, 5) is 11.7. The van der Waals surface area contributed by atoms with Gasteiger partial charge in [-0.25, -0.2) is 8.42 Å². The molecule has 0 amide bonds. The molecule has 0 spiro atoms. The summed E-state index contributed by atoms with van der Waals surface area (Å²) in [7, 11) is -3.41. The van der Waals surface area contributed by atoms with E-state index < -0.39 is 21.7 Å². The molecule has 0 bridgehead atoms. The number of sulfone groups is 1. The standard InChI is InChI=1S/C15H20O4S/c1-20(18,19)14-9-5-4-8-12(14)13(15(16)17)10-11-6-2-3-7-11/h4-5,8-9,11,13H,2-3,6-7,10H2,1H3,(H,16,17). The molecule has 1 aliphatic carbocycles. The van der Waals surface area contributed by atoms with E-state index in [4.69, 9.17) is 0 Å². The molecule has 2 rings (SSSR count). The highest BCUT2D eigenvalue weighted by Crippen LogP contribution is 2.36. The topological polar surface area (TPSA) is 71.4 Å². The van der Waals surface area contributed by atoms with Gasteiger partial charge in [-0.2, -0.15) is 0 Å². The van der Waals surface area contributed by atoms with Crippen LogP contribution in [-0.4, -0.2) is 25.7 Å². The van der Waals surface area contributed by atoms with E-state index in [-0.39, 0.29) is 4.90 Å². The van der Waals surface area contributed by atoms with Crippen molar-refractivity contribution in [3.63, 3.8) is 0 Å². The second-order valence-electron chi connectivity index (χ2n) is 5.59. The fourth-order valence-electron chi connectivity index (χ4n) is 3.05. The van der Waals surface area contributed by atoms with Gasteiger partial charge in [0.1, 0.15) is 0 Å². The molecule has 1 aromatic carbocycles. The Labute approximate surface area is 119 Å². The van der Waals surface area contributed by atoms with Gasteiger partial charge in [-0.3, -0.25) is 4.79 Å². The number of carboxylic acids is 1. The average molecular weight is 296 g/mol.